The topological polar surface area (TPSA) is 188 Å². The van der Waals surface area contributed by atoms with E-state index in [0.29, 0.717) is 11.3 Å². The van der Waals surface area contributed by atoms with E-state index >= 15 is 0 Å². The monoisotopic (exact) mass is 558 g/mol. The maximum absolute atomic E-state index is 13.3. The number of carbonyl (C=O) groups excluding carboxylic acids is 3. The van der Waals surface area contributed by atoms with E-state index in [1.807, 2.05) is 30.3 Å². The van der Waals surface area contributed by atoms with Crippen LogP contribution >= 0.6 is 11.8 Å². The van der Waals surface area contributed by atoms with Crippen LogP contribution in [0.15, 0.2) is 60.7 Å². The summed E-state index contributed by atoms with van der Waals surface area (Å²) < 4.78 is 0. The number of nitrogens with one attached hydrogen (secondary N) is 3. The van der Waals surface area contributed by atoms with Crippen molar-refractivity contribution in [2.45, 2.75) is 49.9 Å². The van der Waals surface area contributed by atoms with Gasteiger partial charge in [0.05, 0.1) is 12.5 Å². The van der Waals surface area contributed by atoms with E-state index in [-0.39, 0.29) is 19.3 Å². The molecule has 39 heavy (non-hydrogen) atoms. The highest BCUT2D eigenvalue weighted by molar-refractivity contribution is 7.98. The minimum atomic E-state index is -1.57. The summed E-state index contributed by atoms with van der Waals surface area (Å²) in [5.41, 5.74) is 7.62. The largest absolute Gasteiger partial charge is 0.481 e. The number of hydrogen-bond donors (Lipinski definition) is 6. The van der Waals surface area contributed by atoms with Crippen LogP contribution in [0, 0.1) is 0 Å². The predicted molar refractivity (Wildman–Crippen MR) is 147 cm³/mol. The molecule has 4 atom stereocenters. The molecule has 210 valence electrons. The molecule has 0 aliphatic heterocycles. The van der Waals surface area contributed by atoms with Crippen LogP contribution in [0.2, 0.25) is 0 Å². The van der Waals surface area contributed by atoms with Crippen LogP contribution in [0.25, 0.3) is 0 Å². The summed E-state index contributed by atoms with van der Waals surface area (Å²) in [5.74, 6) is -4.57. The molecule has 0 aromatic heterocycles. The van der Waals surface area contributed by atoms with Crippen molar-refractivity contribution in [1.82, 2.24) is 16.0 Å². The second kappa shape index (κ2) is 16.1. The molecule has 2 aromatic carbocycles. The van der Waals surface area contributed by atoms with Crippen molar-refractivity contribution >= 4 is 41.4 Å². The second-order valence-electron chi connectivity index (χ2n) is 8.89. The predicted octanol–water partition coefficient (Wildman–Crippen LogP) is 0.566. The van der Waals surface area contributed by atoms with Crippen LogP contribution in [0.4, 0.5) is 0 Å². The Morgan fingerprint density at radius 1 is 0.744 bits per heavy atom. The Hall–Kier alpha value is -3.90. The number of benzene rings is 2. The van der Waals surface area contributed by atoms with Crippen LogP contribution in [-0.4, -0.2) is 76.0 Å². The maximum atomic E-state index is 13.3. The summed E-state index contributed by atoms with van der Waals surface area (Å²) in [7, 11) is 0. The highest BCUT2D eigenvalue weighted by Crippen LogP contribution is 2.08. The summed E-state index contributed by atoms with van der Waals surface area (Å²) in [4.78, 5) is 62.0. The lowest BCUT2D eigenvalue weighted by atomic mass is 10.0. The molecule has 0 fully saturated rings. The molecule has 3 amide bonds. The Kier molecular flexibility index (Phi) is 13.0. The Morgan fingerprint density at radius 3 is 1.74 bits per heavy atom. The van der Waals surface area contributed by atoms with Crippen molar-refractivity contribution in [3.63, 3.8) is 0 Å². The van der Waals surface area contributed by atoms with Gasteiger partial charge in [0.1, 0.15) is 18.1 Å². The lowest BCUT2D eigenvalue weighted by Gasteiger charge is -2.25. The van der Waals surface area contributed by atoms with Gasteiger partial charge >= 0.3 is 11.9 Å². The second-order valence-corrected chi connectivity index (χ2v) is 9.87. The molecule has 0 saturated carbocycles. The number of amides is 3. The van der Waals surface area contributed by atoms with E-state index in [4.69, 9.17) is 5.73 Å². The van der Waals surface area contributed by atoms with E-state index in [2.05, 4.69) is 16.0 Å². The minimum Gasteiger partial charge on any atom is -0.481 e. The average molecular weight is 559 g/mol. The van der Waals surface area contributed by atoms with Gasteiger partial charge < -0.3 is 31.9 Å². The summed E-state index contributed by atoms with van der Waals surface area (Å²) in [6.07, 6.45) is 1.38. The van der Waals surface area contributed by atoms with Gasteiger partial charge in [-0.05, 0) is 36.0 Å². The lowest BCUT2D eigenvalue weighted by Crippen LogP contribution is -2.58. The number of carboxylic acid groups (broad SMARTS) is 2. The van der Waals surface area contributed by atoms with Crippen molar-refractivity contribution in [3.05, 3.63) is 71.8 Å². The first-order chi connectivity index (χ1) is 18.6. The molecular weight excluding hydrogens is 524 g/mol. The fourth-order valence-electron chi connectivity index (χ4n) is 3.72. The third kappa shape index (κ3) is 11.2. The van der Waals surface area contributed by atoms with Crippen molar-refractivity contribution in [2.24, 2.45) is 5.73 Å². The normalized spacial score (nSPS) is 13.8. The summed E-state index contributed by atoms with van der Waals surface area (Å²) in [5, 5.41) is 26.0. The number of rotatable bonds is 16. The smallest absolute Gasteiger partial charge is 0.326 e. The Balaban J connectivity index is 2.20. The van der Waals surface area contributed by atoms with E-state index in [0.717, 1.165) is 5.56 Å². The Bertz CT molecular complexity index is 1120. The third-order valence-electron chi connectivity index (χ3n) is 5.79. The van der Waals surface area contributed by atoms with E-state index < -0.39 is 60.2 Å². The number of hydrogen-bond acceptors (Lipinski definition) is 7. The van der Waals surface area contributed by atoms with Gasteiger partial charge in [-0.2, -0.15) is 11.8 Å². The number of carbonyl (C=O) groups is 5. The Morgan fingerprint density at radius 2 is 1.23 bits per heavy atom. The van der Waals surface area contributed by atoms with Crippen LogP contribution < -0.4 is 21.7 Å². The standard InChI is InChI=1S/C27H34N4O7S/c1-39-13-12-20(27(37)38)29-26(36)22(16-23(32)33)31-25(35)21(15-18-10-6-3-7-11-18)30-24(34)19(28)14-17-8-4-2-5-9-17/h2-11,19-22H,12-16,28H2,1H3,(H,29,36)(H,30,34)(H,31,35)(H,32,33)(H,37,38). The fraction of sp³-hybridized carbons (Fsp3) is 0.370. The zero-order chi connectivity index (χ0) is 28.8. The zero-order valence-electron chi connectivity index (χ0n) is 21.5. The minimum absolute atomic E-state index is 0.0450. The average Bonchev–Trinajstić information content (AvgIpc) is 2.90. The van der Waals surface area contributed by atoms with Gasteiger partial charge in [0.25, 0.3) is 0 Å². The first-order valence-electron chi connectivity index (χ1n) is 12.3. The van der Waals surface area contributed by atoms with Crippen LogP contribution in [0.1, 0.15) is 24.0 Å². The molecule has 0 aliphatic carbocycles. The zero-order valence-corrected chi connectivity index (χ0v) is 22.4. The van der Waals surface area contributed by atoms with Gasteiger partial charge in [-0.25, -0.2) is 4.79 Å². The van der Waals surface area contributed by atoms with Gasteiger partial charge in [0.2, 0.25) is 17.7 Å². The highest BCUT2D eigenvalue weighted by atomic mass is 32.2. The molecule has 0 saturated heterocycles. The summed E-state index contributed by atoms with van der Waals surface area (Å²) in [6, 6.07) is 12.9. The quantitative estimate of drug-likeness (QED) is 0.171. The highest BCUT2D eigenvalue weighted by Gasteiger charge is 2.31. The SMILES string of the molecule is CSCCC(NC(=O)C(CC(=O)O)NC(=O)C(Cc1ccccc1)NC(=O)C(N)Cc1ccccc1)C(=O)O. The van der Waals surface area contributed by atoms with Crippen molar-refractivity contribution in [1.29, 1.82) is 0 Å². The molecule has 7 N–H and O–H groups in total. The molecule has 2 aromatic rings. The van der Waals surface area contributed by atoms with Gasteiger partial charge in [0.15, 0.2) is 0 Å². The number of nitrogens with two attached hydrogens (primary N) is 1. The van der Waals surface area contributed by atoms with Gasteiger partial charge in [-0.3, -0.25) is 19.2 Å². The molecule has 0 radical (unpaired) electrons. The van der Waals surface area contributed by atoms with Crippen molar-refractivity contribution in [2.75, 3.05) is 12.0 Å². The number of thioether (sulfide) groups is 1. The molecule has 4 unspecified atom stereocenters. The number of carboxylic acids is 2. The lowest BCUT2D eigenvalue weighted by molar-refractivity contribution is -0.143. The van der Waals surface area contributed by atoms with Crippen LogP contribution in [0.5, 0.6) is 0 Å². The van der Waals surface area contributed by atoms with Gasteiger partial charge in [-0.1, -0.05) is 60.7 Å². The molecule has 2 rings (SSSR count). The summed E-state index contributed by atoms with van der Waals surface area (Å²) in [6.45, 7) is 0. The number of aliphatic carboxylic acids is 2. The van der Waals surface area contributed by atoms with Gasteiger partial charge in [-0.15, -0.1) is 0 Å². The molecule has 0 aliphatic rings. The molecule has 0 heterocycles. The molecule has 0 spiro atoms. The van der Waals surface area contributed by atoms with Crippen LogP contribution in [0.3, 0.4) is 0 Å². The maximum Gasteiger partial charge on any atom is 0.326 e. The van der Waals surface area contributed by atoms with E-state index in [1.165, 1.54) is 11.8 Å². The van der Waals surface area contributed by atoms with Crippen LogP contribution in [-0.2, 0) is 36.8 Å². The first kappa shape index (κ1) is 31.3. The van der Waals surface area contributed by atoms with Crippen molar-refractivity contribution < 1.29 is 34.2 Å². The van der Waals surface area contributed by atoms with E-state index in [1.54, 1.807) is 36.6 Å². The molecule has 11 nitrogen and oxygen atoms in total. The molecule has 0 bridgehead atoms. The molecule has 12 heteroatoms. The summed E-state index contributed by atoms with van der Waals surface area (Å²) >= 11 is 1.39. The molecular formula is C27H34N4O7S. The third-order valence-corrected chi connectivity index (χ3v) is 6.43. The Labute approximate surface area is 230 Å². The van der Waals surface area contributed by atoms with Gasteiger partial charge in [0, 0.05) is 6.42 Å². The first-order valence-corrected chi connectivity index (χ1v) is 13.7. The van der Waals surface area contributed by atoms with E-state index in [9.17, 15) is 34.2 Å². The van der Waals surface area contributed by atoms with Crippen molar-refractivity contribution in [3.8, 4) is 0 Å². The fourth-order valence-corrected chi connectivity index (χ4v) is 4.19.